The molecule has 0 spiro atoms. The zero-order valence-electron chi connectivity index (χ0n) is 15.2. The summed E-state index contributed by atoms with van der Waals surface area (Å²) in [5.41, 5.74) is 4.73. The summed E-state index contributed by atoms with van der Waals surface area (Å²) in [7, 11) is 0. The van der Waals surface area contributed by atoms with Crippen LogP contribution in [0.1, 0.15) is 27.2 Å². The molecule has 3 rings (SSSR count). The zero-order valence-corrected chi connectivity index (χ0v) is 16.0. The second-order valence-electron chi connectivity index (χ2n) is 6.40. The third-order valence-electron chi connectivity index (χ3n) is 4.18. The van der Waals surface area contributed by atoms with Crippen LogP contribution < -0.4 is 10.6 Å². The van der Waals surface area contributed by atoms with Gasteiger partial charge in [0, 0.05) is 30.0 Å². The number of aryl methyl sites for hydroxylation is 1. The first-order valence-corrected chi connectivity index (χ1v) is 9.26. The van der Waals surface area contributed by atoms with E-state index >= 15 is 0 Å². The van der Waals surface area contributed by atoms with E-state index in [0.717, 1.165) is 29.2 Å². The molecule has 3 aromatic rings. The fraction of sp³-hybridized carbons (Fsp3) is 0.182. The van der Waals surface area contributed by atoms with Crippen molar-refractivity contribution in [2.24, 2.45) is 0 Å². The molecule has 2 N–H and O–H groups in total. The van der Waals surface area contributed by atoms with Crippen molar-refractivity contribution >= 4 is 23.2 Å². The molecule has 0 fully saturated rings. The van der Waals surface area contributed by atoms with Gasteiger partial charge in [-0.1, -0.05) is 53.6 Å². The lowest BCUT2D eigenvalue weighted by atomic mass is 10.1. The number of halogens is 1. The number of carbonyl (C=O) groups excluding carboxylic acids is 1. The first-order valence-electron chi connectivity index (χ1n) is 8.88. The lowest BCUT2D eigenvalue weighted by Gasteiger charge is -2.09. The summed E-state index contributed by atoms with van der Waals surface area (Å²) < 4.78 is 0. The highest BCUT2D eigenvalue weighted by atomic mass is 35.5. The van der Waals surface area contributed by atoms with Gasteiger partial charge < -0.3 is 10.6 Å². The molecule has 4 nitrogen and oxygen atoms in total. The average Bonchev–Trinajstić information content (AvgIpc) is 2.68. The molecule has 0 aliphatic rings. The van der Waals surface area contributed by atoms with Gasteiger partial charge in [-0.25, -0.2) is 0 Å². The van der Waals surface area contributed by atoms with Gasteiger partial charge in [0.2, 0.25) is 0 Å². The van der Waals surface area contributed by atoms with Crippen LogP contribution in [0.2, 0.25) is 5.02 Å². The van der Waals surface area contributed by atoms with Crippen molar-refractivity contribution < 1.29 is 4.79 Å². The van der Waals surface area contributed by atoms with Gasteiger partial charge >= 0.3 is 0 Å². The van der Waals surface area contributed by atoms with Crippen molar-refractivity contribution in [3.63, 3.8) is 0 Å². The van der Waals surface area contributed by atoms with E-state index in [0.29, 0.717) is 12.2 Å². The molecule has 2 aromatic carbocycles. The highest BCUT2D eigenvalue weighted by Gasteiger charge is 2.08. The molecule has 1 heterocycles. The lowest BCUT2D eigenvalue weighted by Crippen LogP contribution is -2.24. The van der Waals surface area contributed by atoms with Gasteiger partial charge in [0.15, 0.2) is 0 Å². The SMILES string of the molecule is Cc1cccc(CNC(=O)c2cc(NCCc3ccc(Cl)cc3)ccn2)c1. The Morgan fingerprint density at radius 1 is 1.04 bits per heavy atom. The van der Waals surface area contributed by atoms with Crippen LogP contribution in [-0.2, 0) is 13.0 Å². The molecular weight excluding hydrogens is 358 g/mol. The number of rotatable bonds is 7. The van der Waals surface area contributed by atoms with Crippen LogP contribution in [0, 0.1) is 6.92 Å². The maximum Gasteiger partial charge on any atom is 0.270 e. The van der Waals surface area contributed by atoms with Crippen LogP contribution in [-0.4, -0.2) is 17.4 Å². The Morgan fingerprint density at radius 3 is 2.63 bits per heavy atom. The highest BCUT2D eigenvalue weighted by molar-refractivity contribution is 6.30. The lowest BCUT2D eigenvalue weighted by molar-refractivity contribution is 0.0946. The molecule has 0 unspecified atom stereocenters. The summed E-state index contributed by atoms with van der Waals surface area (Å²) >= 11 is 5.90. The van der Waals surface area contributed by atoms with E-state index in [4.69, 9.17) is 11.6 Å². The van der Waals surface area contributed by atoms with Gasteiger partial charge in [-0.3, -0.25) is 9.78 Å². The molecule has 0 saturated heterocycles. The molecule has 0 saturated carbocycles. The van der Waals surface area contributed by atoms with E-state index in [9.17, 15) is 4.79 Å². The number of nitrogens with one attached hydrogen (secondary N) is 2. The van der Waals surface area contributed by atoms with Gasteiger partial charge in [0.1, 0.15) is 5.69 Å². The van der Waals surface area contributed by atoms with Gasteiger partial charge in [0.25, 0.3) is 5.91 Å². The van der Waals surface area contributed by atoms with Crippen molar-refractivity contribution in [3.8, 4) is 0 Å². The Labute approximate surface area is 164 Å². The first kappa shape index (κ1) is 18.9. The number of nitrogens with zero attached hydrogens (tertiary/aromatic N) is 1. The maximum atomic E-state index is 12.4. The van der Waals surface area contributed by atoms with Crippen molar-refractivity contribution in [1.29, 1.82) is 0 Å². The Bertz CT molecular complexity index is 909. The summed E-state index contributed by atoms with van der Waals surface area (Å²) in [6.07, 6.45) is 2.51. The number of amides is 1. The van der Waals surface area contributed by atoms with Crippen LogP contribution in [0.3, 0.4) is 0 Å². The van der Waals surface area contributed by atoms with E-state index in [1.807, 2.05) is 55.5 Å². The number of carbonyl (C=O) groups is 1. The van der Waals surface area contributed by atoms with Crippen LogP contribution in [0.25, 0.3) is 0 Å². The quantitative estimate of drug-likeness (QED) is 0.629. The number of anilines is 1. The number of aromatic nitrogens is 1. The molecular formula is C22H22ClN3O. The van der Waals surface area contributed by atoms with Crippen LogP contribution in [0.4, 0.5) is 5.69 Å². The standard InChI is InChI=1S/C22H22ClN3O/c1-16-3-2-4-18(13-16)15-26-22(27)21-14-20(10-12-25-21)24-11-9-17-5-7-19(23)8-6-17/h2-8,10,12-14H,9,11,15H2,1H3,(H,24,25)(H,26,27). The summed E-state index contributed by atoms with van der Waals surface area (Å²) in [5.74, 6) is -0.183. The number of hydrogen-bond donors (Lipinski definition) is 2. The molecule has 0 bridgehead atoms. The third kappa shape index (κ3) is 5.83. The first-order chi connectivity index (χ1) is 13.1. The average molecular weight is 380 g/mol. The molecule has 138 valence electrons. The molecule has 0 radical (unpaired) electrons. The van der Waals surface area contributed by atoms with Gasteiger partial charge in [-0.2, -0.15) is 0 Å². The Balaban J connectivity index is 1.53. The summed E-state index contributed by atoms with van der Waals surface area (Å²) in [4.78, 5) is 16.5. The van der Waals surface area contributed by atoms with E-state index in [1.165, 1.54) is 11.1 Å². The molecule has 27 heavy (non-hydrogen) atoms. The summed E-state index contributed by atoms with van der Waals surface area (Å²) in [5, 5.41) is 6.98. The predicted molar refractivity (Wildman–Crippen MR) is 110 cm³/mol. The number of pyridine rings is 1. The monoisotopic (exact) mass is 379 g/mol. The van der Waals surface area contributed by atoms with Crippen molar-refractivity contribution in [1.82, 2.24) is 10.3 Å². The van der Waals surface area contributed by atoms with Crippen LogP contribution >= 0.6 is 11.6 Å². The fourth-order valence-electron chi connectivity index (χ4n) is 2.76. The third-order valence-corrected chi connectivity index (χ3v) is 4.44. The largest absolute Gasteiger partial charge is 0.385 e. The van der Waals surface area contributed by atoms with Gasteiger partial charge in [0.05, 0.1) is 0 Å². The minimum absolute atomic E-state index is 0.183. The normalized spacial score (nSPS) is 10.4. The summed E-state index contributed by atoms with van der Waals surface area (Å²) in [6.45, 7) is 3.28. The van der Waals surface area contributed by atoms with E-state index < -0.39 is 0 Å². The second-order valence-corrected chi connectivity index (χ2v) is 6.84. The molecule has 0 aliphatic heterocycles. The van der Waals surface area contributed by atoms with E-state index in [2.05, 4.69) is 21.7 Å². The van der Waals surface area contributed by atoms with Crippen LogP contribution in [0.5, 0.6) is 0 Å². The molecule has 5 heteroatoms. The molecule has 1 amide bonds. The number of hydrogen-bond acceptors (Lipinski definition) is 3. The molecule has 0 atom stereocenters. The topological polar surface area (TPSA) is 54.0 Å². The van der Waals surface area contributed by atoms with Crippen molar-refractivity contribution in [2.75, 3.05) is 11.9 Å². The predicted octanol–water partition coefficient (Wildman–Crippen LogP) is 4.63. The van der Waals surface area contributed by atoms with E-state index in [1.54, 1.807) is 12.3 Å². The number of benzene rings is 2. The Kier molecular flexibility index (Phi) is 6.44. The minimum Gasteiger partial charge on any atom is -0.385 e. The Morgan fingerprint density at radius 2 is 1.85 bits per heavy atom. The zero-order chi connectivity index (χ0) is 19.1. The smallest absolute Gasteiger partial charge is 0.270 e. The van der Waals surface area contributed by atoms with Crippen LogP contribution in [0.15, 0.2) is 66.9 Å². The highest BCUT2D eigenvalue weighted by Crippen LogP contribution is 2.12. The molecule has 0 aliphatic carbocycles. The Hall–Kier alpha value is -2.85. The second kappa shape index (κ2) is 9.19. The summed E-state index contributed by atoms with van der Waals surface area (Å²) in [6, 6.07) is 19.5. The fourth-order valence-corrected chi connectivity index (χ4v) is 2.89. The van der Waals surface area contributed by atoms with Crippen molar-refractivity contribution in [2.45, 2.75) is 19.9 Å². The van der Waals surface area contributed by atoms with Gasteiger partial charge in [-0.05, 0) is 48.7 Å². The van der Waals surface area contributed by atoms with Gasteiger partial charge in [-0.15, -0.1) is 0 Å². The molecule has 1 aromatic heterocycles. The van der Waals surface area contributed by atoms with E-state index in [-0.39, 0.29) is 5.91 Å². The maximum absolute atomic E-state index is 12.4. The van der Waals surface area contributed by atoms with Crippen molar-refractivity contribution in [3.05, 3.63) is 94.3 Å². The minimum atomic E-state index is -0.183.